The Morgan fingerprint density at radius 3 is 2.50 bits per heavy atom. The van der Waals surface area contributed by atoms with Gasteiger partial charge in [-0.05, 0) is 32.1 Å². The van der Waals surface area contributed by atoms with Crippen LogP contribution in [0.4, 0.5) is 0 Å². The average Bonchev–Trinajstić information content (AvgIpc) is 3.28. The number of hydrogen-bond acceptors (Lipinski definition) is 3. The number of carbonyl (C=O) groups is 3. The number of carbonyl (C=O) groups excluding carboxylic acids is 2. The van der Waals surface area contributed by atoms with Crippen LogP contribution in [0.3, 0.4) is 0 Å². The Hall–Kier alpha value is -1.59. The number of hydrogen-bond donors (Lipinski definition) is 2. The molecule has 6 heteroatoms. The summed E-state index contributed by atoms with van der Waals surface area (Å²) >= 11 is 0. The van der Waals surface area contributed by atoms with Gasteiger partial charge in [0, 0.05) is 19.0 Å². The maximum absolute atomic E-state index is 12.1. The van der Waals surface area contributed by atoms with Crippen molar-refractivity contribution < 1.29 is 19.5 Å². The summed E-state index contributed by atoms with van der Waals surface area (Å²) in [6, 6.07) is -0.836. The van der Waals surface area contributed by atoms with E-state index >= 15 is 0 Å². The van der Waals surface area contributed by atoms with Crippen LogP contribution in [0.25, 0.3) is 0 Å². The van der Waals surface area contributed by atoms with Gasteiger partial charge in [-0.25, -0.2) is 4.79 Å². The number of aliphatic carboxylic acids is 1. The zero-order valence-electron chi connectivity index (χ0n) is 11.8. The number of nitrogens with zero attached hydrogens (tertiary/aromatic N) is 1. The Morgan fingerprint density at radius 2 is 1.95 bits per heavy atom. The molecule has 2 fully saturated rings. The lowest BCUT2D eigenvalue weighted by atomic mass is 9.96. The fourth-order valence-electron chi connectivity index (χ4n) is 2.61. The van der Waals surface area contributed by atoms with Crippen molar-refractivity contribution in [1.82, 2.24) is 10.2 Å². The number of likely N-dealkylation sites (tertiary alicyclic amines) is 1. The topological polar surface area (TPSA) is 86.7 Å². The van der Waals surface area contributed by atoms with Gasteiger partial charge >= 0.3 is 5.97 Å². The second-order valence-corrected chi connectivity index (χ2v) is 5.71. The van der Waals surface area contributed by atoms with E-state index in [1.807, 2.05) is 0 Å². The highest BCUT2D eigenvalue weighted by Crippen LogP contribution is 2.32. The molecule has 112 valence electrons. The Morgan fingerprint density at radius 1 is 1.25 bits per heavy atom. The lowest BCUT2D eigenvalue weighted by Gasteiger charge is -2.32. The Kier molecular flexibility index (Phi) is 4.62. The van der Waals surface area contributed by atoms with Crippen LogP contribution in [0, 0.1) is 11.8 Å². The molecular formula is C14H22N2O4. The molecule has 1 heterocycles. The average molecular weight is 282 g/mol. The second kappa shape index (κ2) is 6.24. The molecule has 2 amide bonds. The molecule has 2 unspecified atom stereocenters. The van der Waals surface area contributed by atoms with E-state index in [9.17, 15) is 14.4 Å². The zero-order chi connectivity index (χ0) is 14.7. The summed E-state index contributed by atoms with van der Waals surface area (Å²) in [5, 5.41) is 11.5. The van der Waals surface area contributed by atoms with Crippen molar-refractivity contribution >= 4 is 17.8 Å². The number of carboxylic acid groups (broad SMARTS) is 1. The van der Waals surface area contributed by atoms with E-state index in [1.165, 1.54) is 0 Å². The molecular weight excluding hydrogens is 260 g/mol. The molecule has 0 aromatic carbocycles. The highest BCUT2D eigenvalue weighted by Gasteiger charge is 2.37. The van der Waals surface area contributed by atoms with Crippen molar-refractivity contribution in [3.8, 4) is 0 Å². The monoisotopic (exact) mass is 282 g/mol. The minimum absolute atomic E-state index is 0.160. The van der Waals surface area contributed by atoms with E-state index in [4.69, 9.17) is 5.11 Å². The summed E-state index contributed by atoms with van der Waals surface area (Å²) in [5.74, 6) is -1.21. The fraction of sp³-hybridized carbons (Fsp3) is 0.786. The quantitative estimate of drug-likeness (QED) is 0.773. The van der Waals surface area contributed by atoms with Gasteiger partial charge in [-0.3, -0.25) is 9.59 Å². The lowest BCUT2D eigenvalue weighted by molar-refractivity contribution is -0.144. The van der Waals surface area contributed by atoms with Crippen molar-refractivity contribution in [2.75, 3.05) is 13.1 Å². The third kappa shape index (κ3) is 3.49. The van der Waals surface area contributed by atoms with Gasteiger partial charge in [0.25, 0.3) is 0 Å². The van der Waals surface area contributed by atoms with Gasteiger partial charge in [-0.1, -0.05) is 6.92 Å². The predicted octanol–water partition coefficient (Wildman–Crippen LogP) is 0.614. The molecule has 0 aromatic rings. The van der Waals surface area contributed by atoms with Crippen molar-refractivity contribution in [2.24, 2.45) is 11.8 Å². The van der Waals surface area contributed by atoms with Crippen LogP contribution < -0.4 is 5.32 Å². The molecule has 1 saturated carbocycles. The number of nitrogens with one attached hydrogen (secondary N) is 1. The van der Waals surface area contributed by atoms with E-state index < -0.39 is 12.0 Å². The van der Waals surface area contributed by atoms with Gasteiger partial charge < -0.3 is 15.3 Å². The molecule has 2 atom stereocenters. The molecule has 2 aliphatic rings. The SMILES string of the molecule is CCC(NC(=O)C1CCCN(C(=O)C2CC2)C1)C(=O)O. The summed E-state index contributed by atoms with van der Waals surface area (Å²) < 4.78 is 0. The summed E-state index contributed by atoms with van der Waals surface area (Å²) in [6.07, 6.45) is 3.81. The van der Waals surface area contributed by atoms with Gasteiger partial charge in [-0.2, -0.15) is 0 Å². The van der Waals surface area contributed by atoms with E-state index in [-0.39, 0.29) is 23.7 Å². The normalized spacial score (nSPS) is 24.1. The number of piperidine rings is 1. The van der Waals surface area contributed by atoms with Crippen LogP contribution in [0.2, 0.25) is 0 Å². The van der Waals surface area contributed by atoms with Crippen molar-refractivity contribution in [3.63, 3.8) is 0 Å². The first-order valence-electron chi connectivity index (χ1n) is 7.35. The predicted molar refractivity (Wildman–Crippen MR) is 71.9 cm³/mol. The summed E-state index contributed by atoms with van der Waals surface area (Å²) in [6.45, 7) is 2.87. The summed E-state index contributed by atoms with van der Waals surface area (Å²) in [7, 11) is 0. The largest absolute Gasteiger partial charge is 0.480 e. The van der Waals surface area contributed by atoms with E-state index in [0.717, 1.165) is 32.2 Å². The zero-order valence-corrected chi connectivity index (χ0v) is 11.8. The first-order chi connectivity index (χ1) is 9.52. The lowest BCUT2D eigenvalue weighted by Crippen LogP contribution is -2.49. The van der Waals surface area contributed by atoms with E-state index in [2.05, 4.69) is 5.32 Å². The standard InChI is InChI=1S/C14H22N2O4/c1-2-11(14(19)20)15-12(17)10-4-3-7-16(8-10)13(18)9-5-6-9/h9-11H,2-8H2,1H3,(H,15,17)(H,19,20). The fourth-order valence-corrected chi connectivity index (χ4v) is 2.61. The third-order valence-corrected chi connectivity index (χ3v) is 4.05. The first kappa shape index (κ1) is 14.8. The molecule has 1 saturated heterocycles. The molecule has 1 aliphatic heterocycles. The molecule has 1 aliphatic carbocycles. The Labute approximate surface area is 118 Å². The van der Waals surface area contributed by atoms with E-state index in [0.29, 0.717) is 13.0 Å². The van der Waals surface area contributed by atoms with Gasteiger partial charge in [0.05, 0.1) is 5.92 Å². The van der Waals surface area contributed by atoms with Crippen LogP contribution in [0.15, 0.2) is 0 Å². The molecule has 0 aromatic heterocycles. The van der Waals surface area contributed by atoms with Gasteiger partial charge in [0.15, 0.2) is 0 Å². The Bertz CT molecular complexity index is 406. The summed E-state index contributed by atoms with van der Waals surface area (Å²) in [5.41, 5.74) is 0. The van der Waals surface area contributed by atoms with Crippen LogP contribution in [0.5, 0.6) is 0 Å². The highest BCUT2D eigenvalue weighted by atomic mass is 16.4. The molecule has 2 rings (SSSR count). The summed E-state index contributed by atoms with van der Waals surface area (Å²) in [4.78, 5) is 36.8. The maximum Gasteiger partial charge on any atom is 0.326 e. The second-order valence-electron chi connectivity index (χ2n) is 5.71. The molecule has 0 bridgehead atoms. The molecule has 0 radical (unpaired) electrons. The highest BCUT2D eigenvalue weighted by molar-refractivity contribution is 5.86. The van der Waals surface area contributed by atoms with Crippen LogP contribution >= 0.6 is 0 Å². The van der Waals surface area contributed by atoms with Gasteiger partial charge in [0.2, 0.25) is 11.8 Å². The van der Waals surface area contributed by atoms with Crippen LogP contribution in [-0.2, 0) is 14.4 Å². The third-order valence-electron chi connectivity index (χ3n) is 4.05. The van der Waals surface area contributed by atoms with Gasteiger partial charge in [-0.15, -0.1) is 0 Å². The van der Waals surface area contributed by atoms with Gasteiger partial charge in [0.1, 0.15) is 6.04 Å². The number of carboxylic acids is 1. The molecule has 20 heavy (non-hydrogen) atoms. The van der Waals surface area contributed by atoms with Crippen LogP contribution in [0.1, 0.15) is 39.0 Å². The first-order valence-corrected chi connectivity index (χ1v) is 7.35. The van der Waals surface area contributed by atoms with Crippen LogP contribution in [-0.4, -0.2) is 46.9 Å². The smallest absolute Gasteiger partial charge is 0.326 e. The molecule has 0 spiro atoms. The molecule has 6 nitrogen and oxygen atoms in total. The minimum atomic E-state index is -1.01. The minimum Gasteiger partial charge on any atom is -0.480 e. The molecule has 2 N–H and O–H groups in total. The number of rotatable bonds is 5. The number of amides is 2. The van der Waals surface area contributed by atoms with Crippen molar-refractivity contribution in [2.45, 2.75) is 45.1 Å². The van der Waals surface area contributed by atoms with E-state index in [1.54, 1.807) is 11.8 Å². The van der Waals surface area contributed by atoms with Crippen molar-refractivity contribution in [3.05, 3.63) is 0 Å². The Balaban J connectivity index is 1.89. The maximum atomic E-state index is 12.1. The van der Waals surface area contributed by atoms with Crippen molar-refractivity contribution in [1.29, 1.82) is 0 Å².